The molecule has 0 unspecified atom stereocenters. The molecule has 1 saturated heterocycles. The predicted molar refractivity (Wildman–Crippen MR) is 36.9 cm³/mol. The van der Waals surface area contributed by atoms with E-state index in [2.05, 4.69) is 5.32 Å². The molecule has 1 rings (SSSR count). The smallest absolute Gasteiger partial charge is 0.316 e. The second-order valence-electron chi connectivity index (χ2n) is 3.50. The van der Waals surface area contributed by atoms with E-state index < -0.39 is 30.4 Å². The summed E-state index contributed by atoms with van der Waals surface area (Å²) in [6.45, 7) is 0.0903. The average Bonchev–Trinajstić information content (AvgIpc) is 1.94. The normalized spacial score (nSPS) is 20.2. The van der Waals surface area contributed by atoms with Crippen LogP contribution in [0.1, 0.15) is 6.42 Å². The van der Waals surface area contributed by atoms with Crippen molar-refractivity contribution in [3.8, 4) is 0 Å². The highest BCUT2D eigenvalue weighted by Crippen LogP contribution is 2.49. The van der Waals surface area contributed by atoms with E-state index in [1.807, 2.05) is 0 Å². The molecule has 1 N–H and O–H groups in total. The molecule has 0 saturated carbocycles. The van der Waals surface area contributed by atoms with Crippen LogP contribution in [-0.4, -0.2) is 31.1 Å². The first-order valence-corrected chi connectivity index (χ1v) is 4.11. The molecule has 0 aromatic rings. The quantitative estimate of drug-likeness (QED) is 0.746. The molecule has 1 aliphatic rings. The fraction of sp³-hybridized carbons (Fsp3) is 1.00. The molecule has 15 heavy (non-hydrogen) atoms. The van der Waals surface area contributed by atoms with E-state index in [9.17, 15) is 30.7 Å². The fourth-order valence-electron chi connectivity index (χ4n) is 1.19. The molecule has 0 aromatic carbocycles. The number of hydrogen-bond acceptors (Lipinski definition) is 1. The van der Waals surface area contributed by atoms with Gasteiger partial charge in [-0.05, 0) is 19.0 Å². The molecule has 1 nitrogen and oxygen atoms in total. The van der Waals surface area contributed by atoms with E-state index >= 15 is 0 Å². The zero-order valence-corrected chi connectivity index (χ0v) is 7.34. The van der Waals surface area contributed by atoms with Gasteiger partial charge in [-0.2, -0.15) is 30.7 Å². The molecule has 1 heterocycles. The maximum Gasteiger partial charge on any atom is 0.459 e. The summed E-state index contributed by atoms with van der Waals surface area (Å²) < 4.78 is 85.0. The van der Waals surface area contributed by atoms with Gasteiger partial charge in [0.25, 0.3) is 0 Å². The lowest BCUT2D eigenvalue weighted by Crippen LogP contribution is -2.55. The third kappa shape index (κ3) is 2.19. The van der Waals surface area contributed by atoms with Crippen molar-refractivity contribution in [3.05, 3.63) is 0 Å². The summed E-state index contributed by atoms with van der Waals surface area (Å²) in [5.74, 6) is -11.8. The van der Waals surface area contributed by atoms with Crippen molar-refractivity contribution in [3.63, 3.8) is 0 Å². The van der Waals surface area contributed by atoms with Gasteiger partial charge < -0.3 is 5.32 Å². The average molecular weight is 239 g/mol. The largest absolute Gasteiger partial charge is 0.459 e. The van der Waals surface area contributed by atoms with E-state index in [0.29, 0.717) is 0 Å². The van der Waals surface area contributed by atoms with Crippen LogP contribution in [0, 0.1) is 5.92 Å². The minimum Gasteiger partial charge on any atom is -0.316 e. The summed E-state index contributed by atoms with van der Waals surface area (Å²) in [5, 5.41) is 2.51. The minimum atomic E-state index is -6.21. The van der Waals surface area contributed by atoms with Crippen LogP contribution in [0.4, 0.5) is 30.7 Å². The van der Waals surface area contributed by atoms with Crippen LogP contribution in [0.5, 0.6) is 0 Å². The molecule has 1 fully saturated rings. The monoisotopic (exact) mass is 239 g/mol. The van der Waals surface area contributed by atoms with Gasteiger partial charge in [0.15, 0.2) is 0 Å². The molecule has 0 atom stereocenters. The van der Waals surface area contributed by atoms with Gasteiger partial charge in [0.1, 0.15) is 0 Å². The first kappa shape index (κ1) is 12.5. The third-order valence-corrected chi connectivity index (χ3v) is 2.23. The fourth-order valence-corrected chi connectivity index (χ4v) is 1.19. The molecular formula is C7H8F7N. The van der Waals surface area contributed by atoms with Crippen LogP contribution >= 0.6 is 0 Å². The second-order valence-corrected chi connectivity index (χ2v) is 3.50. The lowest BCUT2D eigenvalue weighted by atomic mass is 9.92. The van der Waals surface area contributed by atoms with Gasteiger partial charge in [0, 0.05) is 6.42 Å². The second kappa shape index (κ2) is 3.50. The van der Waals surface area contributed by atoms with Crippen molar-refractivity contribution < 1.29 is 30.7 Å². The first-order valence-electron chi connectivity index (χ1n) is 4.11. The van der Waals surface area contributed by atoms with Crippen LogP contribution in [0.3, 0.4) is 0 Å². The Hall–Kier alpha value is -0.530. The number of nitrogens with one attached hydrogen (secondary N) is 1. The van der Waals surface area contributed by atoms with Crippen molar-refractivity contribution in [2.24, 2.45) is 5.92 Å². The van der Waals surface area contributed by atoms with Crippen LogP contribution in [0.25, 0.3) is 0 Å². The maximum atomic E-state index is 12.7. The Morgan fingerprint density at radius 2 is 1.40 bits per heavy atom. The minimum absolute atomic E-state index is 0.0452. The van der Waals surface area contributed by atoms with Crippen molar-refractivity contribution >= 4 is 0 Å². The Kier molecular flexibility index (Phi) is 2.92. The molecule has 0 amide bonds. The number of hydrogen-bond donors (Lipinski definition) is 1. The summed E-state index contributed by atoms with van der Waals surface area (Å²) >= 11 is 0. The highest BCUT2D eigenvalue weighted by atomic mass is 19.4. The van der Waals surface area contributed by atoms with Crippen molar-refractivity contribution in [2.45, 2.75) is 24.4 Å². The van der Waals surface area contributed by atoms with Gasteiger partial charge >= 0.3 is 18.0 Å². The van der Waals surface area contributed by atoms with Crippen LogP contribution in [0.15, 0.2) is 0 Å². The van der Waals surface area contributed by atoms with Crippen LogP contribution in [-0.2, 0) is 0 Å². The van der Waals surface area contributed by atoms with Crippen molar-refractivity contribution in [1.29, 1.82) is 0 Å². The topological polar surface area (TPSA) is 12.0 Å². The summed E-state index contributed by atoms with van der Waals surface area (Å²) in [5.41, 5.74) is 0. The summed E-state index contributed by atoms with van der Waals surface area (Å²) in [6, 6.07) is 0. The summed E-state index contributed by atoms with van der Waals surface area (Å²) in [6.07, 6.45) is -7.67. The maximum absolute atomic E-state index is 12.7. The Balaban J connectivity index is 2.73. The van der Waals surface area contributed by atoms with Gasteiger partial charge in [-0.1, -0.05) is 0 Å². The first-order chi connectivity index (χ1) is 6.58. The van der Waals surface area contributed by atoms with E-state index in [4.69, 9.17) is 0 Å². The highest BCUT2D eigenvalue weighted by Gasteiger charge is 2.72. The Morgan fingerprint density at radius 1 is 0.933 bits per heavy atom. The number of alkyl halides is 7. The van der Waals surface area contributed by atoms with Gasteiger partial charge in [0.2, 0.25) is 0 Å². The highest BCUT2D eigenvalue weighted by molar-refractivity contribution is 4.94. The standard InChI is InChI=1S/C7H8F7N/c8-5(9,1-4-2-15-3-4)6(10,11)7(12,13)14/h4,15H,1-3H2. The van der Waals surface area contributed by atoms with Gasteiger partial charge in [-0.15, -0.1) is 0 Å². The van der Waals surface area contributed by atoms with Crippen LogP contribution in [0.2, 0.25) is 0 Å². The summed E-state index contributed by atoms with van der Waals surface area (Å²) in [7, 11) is 0. The molecule has 0 aliphatic carbocycles. The number of halogens is 7. The van der Waals surface area contributed by atoms with Crippen LogP contribution < -0.4 is 5.32 Å². The van der Waals surface area contributed by atoms with Gasteiger partial charge in [-0.3, -0.25) is 0 Å². The SMILES string of the molecule is FC(F)(F)C(F)(F)C(F)(F)CC1CNC1. The van der Waals surface area contributed by atoms with E-state index in [0.717, 1.165) is 0 Å². The Labute approximate surface area is 80.6 Å². The zero-order chi connectivity index (χ0) is 11.9. The van der Waals surface area contributed by atoms with Crippen molar-refractivity contribution in [2.75, 3.05) is 13.1 Å². The van der Waals surface area contributed by atoms with Gasteiger partial charge in [0.05, 0.1) is 0 Å². The van der Waals surface area contributed by atoms with E-state index in [1.165, 1.54) is 0 Å². The Bertz CT molecular complexity index is 230. The molecule has 0 bridgehead atoms. The van der Waals surface area contributed by atoms with Gasteiger partial charge in [-0.25, -0.2) is 0 Å². The lowest BCUT2D eigenvalue weighted by Gasteiger charge is -2.34. The molecule has 1 aliphatic heterocycles. The van der Waals surface area contributed by atoms with Crippen molar-refractivity contribution in [1.82, 2.24) is 5.32 Å². The predicted octanol–water partition coefficient (Wildman–Crippen LogP) is 2.43. The molecule has 8 heteroatoms. The Morgan fingerprint density at radius 3 is 1.67 bits per heavy atom. The lowest BCUT2D eigenvalue weighted by molar-refractivity contribution is -0.357. The third-order valence-electron chi connectivity index (χ3n) is 2.23. The molecule has 0 radical (unpaired) electrons. The van der Waals surface area contributed by atoms with E-state index in [-0.39, 0.29) is 13.1 Å². The van der Waals surface area contributed by atoms with E-state index in [1.54, 1.807) is 0 Å². The number of rotatable bonds is 3. The molecule has 90 valence electrons. The zero-order valence-electron chi connectivity index (χ0n) is 7.34. The molecular weight excluding hydrogens is 231 g/mol. The molecule has 0 spiro atoms. The molecule has 0 aromatic heterocycles. The summed E-state index contributed by atoms with van der Waals surface area (Å²) in [4.78, 5) is 0.